The average Bonchev–Trinajstić information content (AvgIpc) is 2.33. The molecule has 1 N–H and O–H groups in total. The van der Waals surface area contributed by atoms with Gasteiger partial charge in [-0.05, 0) is 18.6 Å². The minimum atomic E-state index is 1.02. The topological polar surface area (TPSA) is 32.8 Å². The lowest BCUT2D eigenvalue weighted by Gasteiger charge is -1.86. The van der Waals surface area contributed by atoms with E-state index in [2.05, 4.69) is 17.1 Å². The summed E-state index contributed by atoms with van der Waals surface area (Å²) in [5, 5.41) is 6.74. The molecule has 0 atom stereocenters. The van der Waals surface area contributed by atoms with E-state index in [1.807, 2.05) is 22.7 Å². The molecule has 2 rings (SSSR count). The minimum absolute atomic E-state index is 1.02. The van der Waals surface area contributed by atoms with Crippen molar-refractivity contribution in [2.45, 2.75) is 6.92 Å². The van der Waals surface area contributed by atoms with Crippen LogP contribution in [0.4, 0.5) is 0 Å². The molecule has 0 aliphatic carbocycles. The van der Waals surface area contributed by atoms with Crippen LogP contribution in [0, 0.1) is 6.92 Å². The number of aromatic nitrogens is 3. The molecule has 0 aliphatic heterocycles. The molecule has 2 aromatic heterocycles. The second-order valence-electron chi connectivity index (χ2n) is 2.36. The summed E-state index contributed by atoms with van der Waals surface area (Å²) in [7, 11) is 0. The van der Waals surface area contributed by atoms with Crippen molar-refractivity contribution < 1.29 is 4.40 Å². The molecule has 3 heteroatoms. The molecule has 0 unspecified atom stereocenters. The molecule has 0 fully saturated rings. The van der Waals surface area contributed by atoms with Crippen molar-refractivity contribution in [3.63, 3.8) is 0 Å². The van der Waals surface area contributed by atoms with Crippen LogP contribution in [0.3, 0.4) is 0 Å². The first-order chi connectivity index (χ1) is 4.86. The number of hydrogen-bond acceptors (Lipinski definition) is 1. The van der Waals surface area contributed by atoms with E-state index >= 15 is 0 Å². The maximum Gasteiger partial charge on any atom is 0.269 e. The fraction of sp³-hybridized carbons (Fsp3) is 0.143. The van der Waals surface area contributed by atoms with E-state index in [0.717, 1.165) is 5.65 Å². The third kappa shape index (κ3) is 0.673. The molecule has 0 saturated carbocycles. The highest BCUT2D eigenvalue weighted by Crippen LogP contribution is 1.93. The van der Waals surface area contributed by atoms with Crippen molar-refractivity contribution in [3.05, 3.63) is 30.2 Å². The summed E-state index contributed by atoms with van der Waals surface area (Å²) < 4.78 is 1.95. The van der Waals surface area contributed by atoms with Crippen LogP contribution in [0.1, 0.15) is 5.56 Å². The Labute approximate surface area is 58.3 Å². The van der Waals surface area contributed by atoms with E-state index in [4.69, 9.17) is 0 Å². The highest BCUT2D eigenvalue weighted by atomic mass is 15.2. The lowest BCUT2D eigenvalue weighted by molar-refractivity contribution is -0.512. The molecule has 2 heterocycles. The predicted octanol–water partition coefficient (Wildman–Crippen LogP) is 0.457. The Morgan fingerprint density at radius 2 is 2.40 bits per heavy atom. The van der Waals surface area contributed by atoms with Crippen molar-refractivity contribution in [2.24, 2.45) is 0 Å². The number of pyridine rings is 1. The summed E-state index contributed by atoms with van der Waals surface area (Å²) in [6.45, 7) is 2.06. The molecule has 50 valence electrons. The summed E-state index contributed by atoms with van der Waals surface area (Å²) in [4.78, 5) is 0. The molecular weight excluding hydrogens is 126 g/mol. The van der Waals surface area contributed by atoms with Crippen LogP contribution in [0.25, 0.3) is 5.65 Å². The summed E-state index contributed by atoms with van der Waals surface area (Å²) in [6, 6.07) is 4.05. The van der Waals surface area contributed by atoms with Crippen LogP contribution in [0.15, 0.2) is 24.7 Å². The largest absolute Gasteiger partial charge is 0.269 e. The first-order valence-corrected chi connectivity index (χ1v) is 3.17. The van der Waals surface area contributed by atoms with Gasteiger partial charge in [0.1, 0.15) is 0 Å². The van der Waals surface area contributed by atoms with Gasteiger partial charge in [0.25, 0.3) is 12.0 Å². The number of aromatic amines is 1. The molecule has 0 amide bonds. The van der Waals surface area contributed by atoms with Crippen molar-refractivity contribution in [3.8, 4) is 0 Å². The van der Waals surface area contributed by atoms with Gasteiger partial charge in [0, 0.05) is 11.2 Å². The number of nitrogens with zero attached hydrogens (tertiary/aromatic N) is 2. The van der Waals surface area contributed by atoms with Crippen LogP contribution in [-0.2, 0) is 0 Å². The van der Waals surface area contributed by atoms with Crippen molar-refractivity contribution in [1.29, 1.82) is 0 Å². The van der Waals surface area contributed by atoms with Crippen LogP contribution >= 0.6 is 0 Å². The lowest BCUT2D eigenvalue weighted by Crippen LogP contribution is -2.17. The molecule has 3 nitrogen and oxygen atoms in total. The molecule has 0 spiro atoms. The SMILES string of the molecule is Cc1ccc2[nH]nc[n+]2c1. The number of H-pyrrole nitrogens is 1. The first-order valence-electron chi connectivity index (χ1n) is 3.17. The Morgan fingerprint density at radius 3 is 3.30 bits per heavy atom. The fourth-order valence-electron chi connectivity index (χ4n) is 0.976. The zero-order valence-corrected chi connectivity index (χ0v) is 5.70. The standard InChI is InChI=1S/C7H7N3/c1-6-2-3-7-9-8-5-10(7)4-6/h2-5H,1H3/p+1. The average molecular weight is 134 g/mol. The normalized spacial score (nSPS) is 10.5. The maximum absolute atomic E-state index is 3.88. The molecule has 0 aromatic carbocycles. The molecule has 0 aliphatic rings. The third-order valence-corrected chi connectivity index (χ3v) is 1.49. The second-order valence-corrected chi connectivity index (χ2v) is 2.36. The maximum atomic E-state index is 3.88. The Hall–Kier alpha value is -1.38. The van der Waals surface area contributed by atoms with E-state index in [-0.39, 0.29) is 0 Å². The number of aryl methyl sites for hydroxylation is 1. The lowest BCUT2D eigenvalue weighted by atomic mass is 10.3. The van der Waals surface area contributed by atoms with Gasteiger partial charge in [0.2, 0.25) is 0 Å². The Bertz CT molecular complexity index is 350. The molecule has 10 heavy (non-hydrogen) atoms. The van der Waals surface area contributed by atoms with E-state index in [1.165, 1.54) is 5.56 Å². The third-order valence-electron chi connectivity index (χ3n) is 1.49. The fourth-order valence-corrected chi connectivity index (χ4v) is 0.976. The van der Waals surface area contributed by atoms with E-state index in [9.17, 15) is 0 Å². The Balaban J connectivity index is 2.86. The second kappa shape index (κ2) is 1.80. The van der Waals surface area contributed by atoms with Crippen molar-refractivity contribution in [1.82, 2.24) is 10.2 Å². The quantitative estimate of drug-likeness (QED) is 0.521. The van der Waals surface area contributed by atoms with Gasteiger partial charge in [0.05, 0.1) is 6.20 Å². The van der Waals surface area contributed by atoms with E-state index in [0.29, 0.717) is 0 Å². The first kappa shape index (κ1) is 5.41. The molecular formula is C7H8N3+. The molecule has 0 radical (unpaired) electrons. The monoisotopic (exact) mass is 134 g/mol. The van der Waals surface area contributed by atoms with Gasteiger partial charge in [-0.2, -0.15) is 0 Å². The summed E-state index contributed by atoms with van der Waals surface area (Å²) >= 11 is 0. The van der Waals surface area contributed by atoms with Gasteiger partial charge in [-0.25, -0.2) is 4.40 Å². The number of fused-ring (bicyclic) bond motifs is 1. The van der Waals surface area contributed by atoms with Gasteiger partial charge in [0.15, 0.2) is 0 Å². The zero-order valence-electron chi connectivity index (χ0n) is 5.70. The Morgan fingerprint density at radius 1 is 1.50 bits per heavy atom. The highest BCUT2D eigenvalue weighted by molar-refractivity contribution is 5.27. The number of nitrogens with one attached hydrogen (secondary N) is 1. The van der Waals surface area contributed by atoms with Gasteiger partial charge in [-0.1, -0.05) is 0 Å². The summed E-state index contributed by atoms with van der Waals surface area (Å²) in [5.74, 6) is 0. The summed E-state index contributed by atoms with van der Waals surface area (Å²) in [5.41, 5.74) is 2.25. The Kier molecular flexibility index (Phi) is 0.974. The van der Waals surface area contributed by atoms with Crippen LogP contribution in [-0.4, -0.2) is 10.2 Å². The van der Waals surface area contributed by atoms with Gasteiger partial charge in [-0.3, -0.25) is 0 Å². The zero-order chi connectivity index (χ0) is 6.97. The number of rotatable bonds is 0. The molecule has 0 saturated heterocycles. The smallest absolute Gasteiger partial charge is 0.204 e. The minimum Gasteiger partial charge on any atom is -0.204 e. The van der Waals surface area contributed by atoms with Crippen LogP contribution < -0.4 is 4.40 Å². The highest BCUT2D eigenvalue weighted by Gasteiger charge is 1.98. The van der Waals surface area contributed by atoms with Crippen LogP contribution in [0.5, 0.6) is 0 Å². The van der Waals surface area contributed by atoms with Gasteiger partial charge in [-0.15, -0.1) is 5.10 Å². The van der Waals surface area contributed by atoms with Gasteiger partial charge < -0.3 is 0 Å². The summed E-state index contributed by atoms with van der Waals surface area (Å²) in [6.07, 6.45) is 3.78. The molecule has 0 bridgehead atoms. The van der Waals surface area contributed by atoms with Crippen molar-refractivity contribution in [2.75, 3.05) is 0 Å². The van der Waals surface area contributed by atoms with Gasteiger partial charge >= 0.3 is 0 Å². The van der Waals surface area contributed by atoms with E-state index in [1.54, 1.807) is 6.33 Å². The van der Waals surface area contributed by atoms with Crippen LogP contribution in [0.2, 0.25) is 0 Å². The molecule has 2 aromatic rings. The predicted molar refractivity (Wildman–Crippen MR) is 36.5 cm³/mol. The number of hydrogen-bond donors (Lipinski definition) is 1. The van der Waals surface area contributed by atoms with E-state index < -0.39 is 0 Å². The van der Waals surface area contributed by atoms with Crippen molar-refractivity contribution >= 4 is 5.65 Å².